The molecule has 2 aliphatic rings. The predicted molar refractivity (Wildman–Crippen MR) is 384 cm³/mol. The molecule has 9 N–H and O–H groups in total. The Morgan fingerprint density at radius 1 is 0.725 bits per heavy atom. The number of nitrogens with zero attached hydrogens (tertiary/aromatic N) is 5. The molecule has 0 aliphatic carbocycles. The number of carbonyl (C=O) groups excluding carboxylic acids is 11. The first-order valence-corrected chi connectivity index (χ1v) is 35.5. The molecule has 102 heavy (non-hydrogen) atoms. The lowest BCUT2D eigenvalue weighted by molar-refractivity contribution is -0.147. The van der Waals surface area contributed by atoms with Crippen LogP contribution in [-0.4, -0.2) is 212 Å². The van der Waals surface area contributed by atoms with Crippen molar-refractivity contribution < 1.29 is 76.9 Å². The van der Waals surface area contributed by atoms with Gasteiger partial charge >= 0.3 is 18.1 Å². The van der Waals surface area contributed by atoms with Crippen LogP contribution in [0.4, 0.5) is 21.0 Å². The maximum atomic E-state index is 14.4. The second kappa shape index (κ2) is 41.2. The highest BCUT2D eigenvalue weighted by molar-refractivity contribution is 6.03. The summed E-state index contributed by atoms with van der Waals surface area (Å²) in [5.74, 6) is -5.97. The maximum absolute atomic E-state index is 14.4. The molecular formula is C74H110N12O16. The molecule has 12 amide bonds. The van der Waals surface area contributed by atoms with Gasteiger partial charge in [-0.15, -0.1) is 0 Å². The molecule has 2 unspecified atom stereocenters. The number of anilines is 2. The summed E-state index contributed by atoms with van der Waals surface area (Å²) >= 11 is 0. The van der Waals surface area contributed by atoms with Gasteiger partial charge in [-0.25, -0.2) is 14.4 Å². The number of methoxy groups -OCH3 is 2. The second-order valence-electron chi connectivity index (χ2n) is 27.4. The third kappa shape index (κ3) is 24.9. The van der Waals surface area contributed by atoms with Crippen molar-refractivity contribution in [1.82, 2.24) is 46.2 Å². The summed E-state index contributed by atoms with van der Waals surface area (Å²) in [6.45, 7) is 15.6. The van der Waals surface area contributed by atoms with Crippen LogP contribution in [0.2, 0.25) is 0 Å². The molecule has 2 aliphatic heterocycles. The number of benzene rings is 3. The van der Waals surface area contributed by atoms with E-state index in [1.165, 1.54) is 30.9 Å². The monoisotopic (exact) mass is 1420 g/mol. The number of carboxylic acid groups (broad SMARTS) is 1. The Bertz CT molecular complexity index is 3310. The van der Waals surface area contributed by atoms with Gasteiger partial charge in [0.05, 0.1) is 42.7 Å². The zero-order valence-electron chi connectivity index (χ0n) is 61.6. The van der Waals surface area contributed by atoms with E-state index in [1.54, 1.807) is 105 Å². The molecule has 12 atom stereocenters. The number of rotatable bonds is 41. The molecule has 0 saturated carbocycles. The largest absolute Gasteiger partial charge is 0.480 e. The number of amides is 12. The predicted octanol–water partition coefficient (Wildman–Crippen LogP) is 5.53. The molecule has 0 aromatic heterocycles. The van der Waals surface area contributed by atoms with Crippen LogP contribution in [0.25, 0.3) is 0 Å². The average Bonchev–Trinajstić information content (AvgIpc) is 1.51. The highest BCUT2D eigenvalue weighted by Gasteiger charge is 2.44. The third-order valence-electron chi connectivity index (χ3n) is 19.3. The minimum atomic E-state index is -1.17. The highest BCUT2D eigenvalue weighted by Crippen LogP contribution is 2.30. The number of hydrogen-bond donors (Lipinski definition) is 8. The molecule has 2 saturated heterocycles. The SMILES string of the molecule is CC[C@H](C)[C@@H]([C@@H](CC(=O)N1CCC[C@H]1C(OC)[C@@H](C)C(=O)N[C@@H](Cc1ccccc1)C(=O)O)OC)N(C)C(=O)[C@H](C)NC(=O)[C@H](C(C)C)N(C)CCc1ccc(N(C)C(=O)OCc2ccc(NC(=O)[C@H](CCCNC(N)=O)NC(=O)[C@H](C)NC(=O)CCCCCN3C(=O)CC(C)C3=O)cc2)cc1. The maximum Gasteiger partial charge on any atom is 0.414 e. The smallest absolute Gasteiger partial charge is 0.414 e. The number of ether oxygens (including phenoxy) is 3. The first kappa shape index (κ1) is 83.6. The van der Waals surface area contributed by atoms with Crippen molar-refractivity contribution in [2.45, 2.75) is 200 Å². The first-order chi connectivity index (χ1) is 48.4. The quantitative estimate of drug-likeness (QED) is 0.0256. The van der Waals surface area contributed by atoms with Crippen LogP contribution in [-0.2, 0) is 81.6 Å². The van der Waals surface area contributed by atoms with Gasteiger partial charge in [0.2, 0.25) is 53.2 Å². The van der Waals surface area contributed by atoms with Gasteiger partial charge in [0.1, 0.15) is 30.8 Å². The van der Waals surface area contributed by atoms with Crippen molar-refractivity contribution >= 4 is 82.6 Å². The summed E-state index contributed by atoms with van der Waals surface area (Å²) < 4.78 is 17.6. The van der Waals surface area contributed by atoms with E-state index in [1.807, 2.05) is 57.8 Å². The number of nitrogens with two attached hydrogens (primary N) is 1. The molecule has 5 rings (SSSR count). The van der Waals surface area contributed by atoms with Gasteiger partial charge in [0.15, 0.2) is 0 Å². The fourth-order valence-corrected chi connectivity index (χ4v) is 13.2. The molecule has 0 bridgehead atoms. The minimum absolute atomic E-state index is 0.0841. The number of imide groups is 1. The third-order valence-corrected chi connectivity index (χ3v) is 19.3. The number of nitrogens with one attached hydrogen (secondary N) is 6. The van der Waals surface area contributed by atoms with Gasteiger partial charge < -0.3 is 66.8 Å². The van der Waals surface area contributed by atoms with Crippen molar-refractivity contribution in [3.8, 4) is 0 Å². The van der Waals surface area contributed by atoms with E-state index in [2.05, 4.69) is 31.9 Å². The number of aliphatic carboxylic acids is 1. The molecule has 2 fully saturated rings. The van der Waals surface area contributed by atoms with E-state index in [0.717, 1.165) is 11.1 Å². The Labute approximate surface area is 599 Å². The van der Waals surface area contributed by atoms with Gasteiger partial charge in [0, 0.05) is 91.0 Å². The number of likely N-dealkylation sites (N-methyl/N-ethyl adjacent to an activating group) is 2. The Morgan fingerprint density at radius 3 is 1.98 bits per heavy atom. The number of likely N-dealkylation sites (tertiary alicyclic amines) is 2. The molecule has 0 spiro atoms. The highest BCUT2D eigenvalue weighted by atomic mass is 16.6. The van der Waals surface area contributed by atoms with E-state index in [0.29, 0.717) is 81.5 Å². The number of primary amides is 1. The van der Waals surface area contributed by atoms with Gasteiger partial charge in [-0.05, 0) is 119 Å². The Morgan fingerprint density at radius 2 is 1.38 bits per heavy atom. The lowest BCUT2D eigenvalue weighted by atomic mass is 9.90. The zero-order valence-corrected chi connectivity index (χ0v) is 61.6. The summed E-state index contributed by atoms with van der Waals surface area (Å²) in [5.41, 5.74) is 8.46. The molecule has 3 aromatic carbocycles. The minimum Gasteiger partial charge on any atom is -0.480 e. The number of unbranched alkanes of at least 4 members (excludes halogenated alkanes) is 2. The Balaban J connectivity index is 1.09. The fraction of sp³-hybridized carbons (Fsp3) is 0.595. The summed E-state index contributed by atoms with van der Waals surface area (Å²) in [6, 6.07) is 16.3. The summed E-state index contributed by atoms with van der Waals surface area (Å²) in [7, 11) is 8.06. The van der Waals surface area contributed by atoms with Crippen molar-refractivity contribution in [3.05, 3.63) is 95.6 Å². The van der Waals surface area contributed by atoms with Crippen LogP contribution in [0.5, 0.6) is 0 Å². The van der Waals surface area contributed by atoms with Crippen LogP contribution in [0.15, 0.2) is 78.9 Å². The summed E-state index contributed by atoms with van der Waals surface area (Å²) in [4.78, 5) is 165. The van der Waals surface area contributed by atoms with Crippen molar-refractivity contribution in [3.63, 3.8) is 0 Å². The fourth-order valence-electron chi connectivity index (χ4n) is 13.2. The van der Waals surface area contributed by atoms with Crippen molar-refractivity contribution in [2.75, 3.05) is 71.8 Å². The van der Waals surface area contributed by atoms with Crippen LogP contribution in [0.3, 0.4) is 0 Å². The van der Waals surface area contributed by atoms with Gasteiger partial charge in [-0.2, -0.15) is 0 Å². The van der Waals surface area contributed by atoms with Crippen LogP contribution >= 0.6 is 0 Å². The van der Waals surface area contributed by atoms with Gasteiger partial charge in [-0.3, -0.25) is 57.9 Å². The molecule has 3 aromatic rings. The topological polar surface area (TPSA) is 367 Å². The standard InChI is InChI=1S/C74H110N12O16/c1-14-46(4)64(59(100-12)43-62(89)85-39-22-26-58(85)65(101-13)48(6)66(90)81-57(72(96)97)42-52-23-17-15-18-24-52)84(11)71(95)50(8)78-69(93)63(45(2)3)82(9)40-36-51-30-34-55(35-31-51)83(10)74(99)102-44-53-28-32-54(33-29-53)79-68(92)56(25-21-37-76-73(75)98)80-67(91)49(7)77-60(87)27-19-16-20-38-86-61(88)41-47(5)70(86)94/h15,17-18,23-24,28-35,45-50,56-59,63-65H,14,16,19-22,25-27,36-44H2,1-13H3,(H,77,87)(H,78,93)(H,79,92)(H,80,91)(H,81,90)(H,96,97)(H3,75,76,98)/t46-,47?,48+,49-,50-,56-,57-,58-,59+,63-,64-,65?/m0/s1. The first-order valence-electron chi connectivity index (χ1n) is 35.5. The Kier molecular flexibility index (Phi) is 33.8. The zero-order chi connectivity index (χ0) is 75.5. The van der Waals surface area contributed by atoms with Crippen molar-refractivity contribution in [2.24, 2.45) is 29.4 Å². The second-order valence-corrected chi connectivity index (χ2v) is 27.4. The normalized spacial score (nSPS) is 17.4. The lowest BCUT2D eigenvalue weighted by Crippen LogP contribution is -2.58. The lowest BCUT2D eigenvalue weighted by Gasteiger charge is -2.40. The van der Waals surface area contributed by atoms with E-state index in [-0.39, 0.29) is 105 Å². The van der Waals surface area contributed by atoms with E-state index in [9.17, 15) is 62.6 Å². The summed E-state index contributed by atoms with van der Waals surface area (Å²) in [6.07, 6.45) is 2.61. The van der Waals surface area contributed by atoms with Crippen molar-refractivity contribution in [1.29, 1.82) is 0 Å². The van der Waals surface area contributed by atoms with Gasteiger partial charge in [-0.1, -0.05) is 109 Å². The molecule has 562 valence electrons. The molecule has 28 nitrogen and oxygen atoms in total. The number of urea groups is 1. The Hall–Kier alpha value is -9.02. The van der Waals surface area contributed by atoms with Crippen LogP contribution < -0.4 is 42.5 Å². The molecule has 0 radical (unpaired) electrons. The average molecular weight is 1420 g/mol. The number of hydrogen-bond acceptors (Lipinski definition) is 16. The van der Waals surface area contributed by atoms with Crippen LogP contribution in [0.1, 0.15) is 143 Å². The van der Waals surface area contributed by atoms with Gasteiger partial charge in [0.25, 0.3) is 0 Å². The molecular weight excluding hydrogens is 1310 g/mol. The summed E-state index contributed by atoms with van der Waals surface area (Å²) in [5, 5.41) is 26.2. The van der Waals surface area contributed by atoms with E-state index in [4.69, 9.17) is 19.9 Å². The molecule has 28 heteroatoms. The van der Waals surface area contributed by atoms with E-state index < -0.39 is 96.2 Å². The number of carbonyl (C=O) groups is 12. The van der Waals surface area contributed by atoms with E-state index >= 15 is 0 Å². The number of carboxylic acids is 1. The van der Waals surface area contributed by atoms with Crippen LogP contribution in [0, 0.1) is 23.7 Å². The molecule has 2 heterocycles.